The van der Waals surface area contributed by atoms with Crippen molar-refractivity contribution in [2.75, 3.05) is 20.8 Å². The normalized spacial score (nSPS) is 14.8. The second-order valence-electron chi connectivity index (χ2n) is 6.42. The van der Waals surface area contributed by atoms with Crippen LogP contribution in [0.2, 0.25) is 0 Å². The lowest BCUT2D eigenvalue weighted by Crippen LogP contribution is -2.25. The smallest absolute Gasteiger partial charge is 0.258 e. The lowest BCUT2D eigenvalue weighted by molar-refractivity contribution is 0.254. The standard InChI is InChI=1S/C19H21N3O3S/c1-24-15-8-13-14(9-16(15)25-2)20-18(21-19(13)23)11-22-6-3-4-17-12(10-22)5-7-26-17/h5,7-9H,3-4,6,10-11H2,1-2H3,(H,20,21,23). The lowest BCUT2D eigenvalue weighted by Gasteiger charge is -2.19. The van der Waals surface area contributed by atoms with E-state index >= 15 is 0 Å². The summed E-state index contributed by atoms with van der Waals surface area (Å²) in [5.74, 6) is 1.77. The zero-order chi connectivity index (χ0) is 18.1. The molecule has 3 aromatic rings. The molecule has 1 aliphatic heterocycles. The monoisotopic (exact) mass is 371 g/mol. The van der Waals surface area contributed by atoms with Gasteiger partial charge >= 0.3 is 0 Å². The lowest BCUT2D eigenvalue weighted by atomic mass is 10.2. The van der Waals surface area contributed by atoms with E-state index in [4.69, 9.17) is 9.47 Å². The van der Waals surface area contributed by atoms with Crippen LogP contribution in [0.15, 0.2) is 28.4 Å². The molecule has 1 N–H and O–H groups in total. The molecule has 0 saturated heterocycles. The van der Waals surface area contributed by atoms with Crippen LogP contribution in [0.4, 0.5) is 0 Å². The molecule has 2 aromatic heterocycles. The topological polar surface area (TPSA) is 67.5 Å². The van der Waals surface area contributed by atoms with Crippen molar-refractivity contribution in [3.63, 3.8) is 0 Å². The first-order valence-electron chi connectivity index (χ1n) is 8.60. The molecular weight excluding hydrogens is 350 g/mol. The van der Waals surface area contributed by atoms with Gasteiger partial charge in [-0.1, -0.05) is 0 Å². The van der Waals surface area contributed by atoms with E-state index in [0.717, 1.165) is 25.9 Å². The van der Waals surface area contributed by atoms with Crippen molar-refractivity contribution in [1.29, 1.82) is 0 Å². The van der Waals surface area contributed by atoms with Crippen molar-refractivity contribution in [2.45, 2.75) is 25.9 Å². The van der Waals surface area contributed by atoms with Crippen molar-refractivity contribution < 1.29 is 9.47 Å². The molecule has 4 rings (SSSR count). The van der Waals surface area contributed by atoms with Gasteiger partial charge < -0.3 is 14.5 Å². The number of ether oxygens (including phenoxy) is 2. The molecule has 0 bridgehead atoms. The van der Waals surface area contributed by atoms with Gasteiger partial charge in [-0.2, -0.15) is 0 Å². The SMILES string of the molecule is COc1cc2nc(CN3CCCc4sccc4C3)[nH]c(=O)c2cc1OC. The van der Waals surface area contributed by atoms with E-state index in [2.05, 4.69) is 26.3 Å². The summed E-state index contributed by atoms with van der Waals surface area (Å²) in [6, 6.07) is 5.63. The number of nitrogens with zero attached hydrogens (tertiary/aromatic N) is 2. The maximum atomic E-state index is 12.5. The molecule has 0 radical (unpaired) electrons. The molecule has 26 heavy (non-hydrogen) atoms. The van der Waals surface area contributed by atoms with Gasteiger partial charge in [-0.05, 0) is 42.5 Å². The van der Waals surface area contributed by atoms with E-state index in [9.17, 15) is 4.79 Å². The Bertz CT molecular complexity index is 995. The number of thiophene rings is 1. The summed E-state index contributed by atoms with van der Waals surface area (Å²) in [4.78, 5) is 23.9. The molecule has 6 nitrogen and oxygen atoms in total. The average molecular weight is 371 g/mol. The largest absolute Gasteiger partial charge is 0.493 e. The number of aromatic nitrogens is 2. The Kier molecular flexibility index (Phi) is 4.65. The number of hydrogen-bond acceptors (Lipinski definition) is 6. The second-order valence-corrected chi connectivity index (χ2v) is 7.42. The third kappa shape index (κ3) is 3.20. The zero-order valence-corrected chi connectivity index (χ0v) is 15.7. The van der Waals surface area contributed by atoms with Crippen LogP contribution in [0.5, 0.6) is 11.5 Å². The number of rotatable bonds is 4. The summed E-state index contributed by atoms with van der Waals surface area (Å²) in [5.41, 5.74) is 1.85. The number of aromatic amines is 1. The van der Waals surface area contributed by atoms with Gasteiger partial charge in [-0.15, -0.1) is 11.3 Å². The molecule has 0 aliphatic carbocycles. The molecule has 1 aromatic carbocycles. The Hall–Kier alpha value is -2.38. The number of fused-ring (bicyclic) bond motifs is 2. The quantitative estimate of drug-likeness (QED) is 0.764. The summed E-state index contributed by atoms with van der Waals surface area (Å²) in [6.45, 7) is 2.51. The van der Waals surface area contributed by atoms with Crippen LogP contribution in [0.25, 0.3) is 10.9 Å². The number of aryl methyl sites for hydroxylation is 1. The fourth-order valence-electron chi connectivity index (χ4n) is 3.45. The van der Waals surface area contributed by atoms with Crippen molar-refractivity contribution in [2.24, 2.45) is 0 Å². The van der Waals surface area contributed by atoms with E-state index < -0.39 is 0 Å². The Morgan fingerprint density at radius 3 is 2.88 bits per heavy atom. The van der Waals surface area contributed by atoms with Crippen LogP contribution in [0.3, 0.4) is 0 Å². The minimum atomic E-state index is -0.156. The maximum absolute atomic E-state index is 12.5. The first-order chi connectivity index (χ1) is 12.7. The number of benzene rings is 1. The van der Waals surface area contributed by atoms with E-state index in [1.165, 1.54) is 10.4 Å². The molecule has 7 heteroatoms. The summed E-state index contributed by atoms with van der Waals surface area (Å²) in [7, 11) is 3.13. The van der Waals surface area contributed by atoms with Crippen LogP contribution in [0.1, 0.15) is 22.7 Å². The molecule has 0 unspecified atom stereocenters. The van der Waals surface area contributed by atoms with E-state index in [-0.39, 0.29) is 5.56 Å². The fraction of sp³-hybridized carbons (Fsp3) is 0.368. The van der Waals surface area contributed by atoms with Gasteiger partial charge in [0.25, 0.3) is 5.56 Å². The first-order valence-corrected chi connectivity index (χ1v) is 9.48. The molecule has 0 atom stereocenters. The number of H-pyrrole nitrogens is 1. The minimum absolute atomic E-state index is 0.156. The Morgan fingerprint density at radius 1 is 1.27 bits per heavy atom. The van der Waals surface area contributed by atoms with Gasteiger partial charge in [0, 0.05) is 17.5 Å². The average Bonchev–Trinajstić information content (AvgIpc) is 2.99. The summed E-state index contributed by atoms with van der Waals surface area (Å²) < 4.78 is 10.6. The predicted octanol–water partition coefficient (Wildman–Crippen LogP) is 2.95. The summed E-state index contributed by atoms with van der Waals surface area (Å²) in [6.07, 6.45) is 2.25. The van der Waals surface area contributed by atoms with Crippen LogP contribution >= 0.6 is 11.3 Å². The highest BCUT2D eigenvalue weighted by Gasteiger charge is 2.17. The van der Waals surface area contributed by atoms with Gasteiger partial charge in [0.05, 0.1) is 31.7 Å². The predicted molar refractivity (Wildman–Crippen MR) is 102 cm³/mol. The highest BCUT2D eigenvalue weighted by molar-refractivity contribution is 7.10. The van der Waals surface area contributed by atoms with Gasteiger partial charge in [0.15, 0.2) is 11.5 Å². The van der Waals surface area contributed by atoms with E-state index in [1.54, 1.807) is 26.4 Å². The molecule has 3 heterocycles. The van der Waals surface area contributed by atoms with Crippen molar-refractivity contribution in [3.05, 3.63) is 50.2 Å². The molecule has 1 aliphatic rings. The molecule has 136 valence electrons. The van der Waals surface area contributed by atoms with Crippen molar-refractivity contribution >= 4 is 22.2 Å². The summed E-state index contributed by atoms with van der Waals surface area (Å²) in [5, 5.41) is 2.66. The Labute approximate surface area is 155 Å². The zero-order valence-electron chi connectivity index (χ0n) is 14.9. The third-order valence-electron chi connectivity index (χ3n) is 4.74. The molecular formula is C19H21N3O3S. The van der Waals surface area contributed by atoms with Crippen LogP contribution in [-0.4, -0.2) is 35.6 Å². The maximum Gasteiger partial charge on any atom is 0.258 e. The first kappa shape index (κ1) is 17.1. The van der Waals surface area contributed by atoms with Crippen molar-refractivity contribution in [1.82, 2.24) is 14.9 Å². The van der Waals surface area contributed by atoms with Gasteiger partial charge in [-0.3, -0.25) is 9.69 Å². The molecule has 0 spiro atoms. The van der Waals surface area contributed by atoms with Gasteiger partial charge in [-0.25, -0.2) is 4.98 Å². The fourth-order valence-corrected chi connectivity index (χ4v) is 4.39. The Balaban J connectivity index is 1.66. The highest BCUT2D eigenvalue weighted by atomic mass is 32.1. The van der Waals surface area contributed by atoms with Crippen LogP contribution in [-0.2, 0) is 19.5 Å². The molecule has 0 saturated carbocycles. The second kappa shape index (κ2) is 7.09. The third-order valence-corrected chi connectivity index (χ3v) is 5.77. The number of methoxy groups -OCH3 is 2. The number of nitrogens with one attached hydrogen (secondary N) is 1. The highest BCUT2D eigenvalue weighted by Crippen LogP contribution is 2.30. The van der Waals surface area contributed by atoms with Gasteiger partial charge in [0.2, 0.25) is 0 Å². The molecule has 0 amide bonds. The molecule has 0 fully saturated rings. The number of hydrogen-bond donors (Lipinski definition) is 1. The van der Waals surface area contributed by atoms with Gasteiger partial charge in [0.1, 0.15) is 5.82 Å². The van der Waals surface area contributed by atoms with E-state index in [0.29, 0.717) is 34.8 Å². The Morgan fingerprint density at radius 2 is 2.08 bits per heavy atom. The van der Waals surface area contributed by atoms with Crippen LogP contribution in [0, 0.1) is 0 Å². The van der Waals surface area contributed by atoms with E-state index in [1.807, 2.05) is 11.3 Å². The van der Waals surface area contributed by atoms with Crippen LogP contribution < -0.4 is 15.0 Å². The summed E-state index contributed by atoms with van der Waals surface area (Å²) >= 11 is 1.83. The van der Waals surface area contributed by atoms with Crippen molar-refractivity contribution in [3.8, 4) is 11.5 Å². The minimum Gasteiger partial charge on any atom is -0.493 e.